The van der Waals surface area contributed by atoms with Gasteiger partial charge in [0.05, 0.1) is 10.6 Å². The number of pyridine rings is 1. The second-order valence-electron chi connectivity index (χ2n) is 2.27. The molecule has 0 atom stereocenters. The molecule has 2 rings (SSSR count). The van der Waals surface area contributed by atoms with E-state index in [0.717, 1.165) is 0 Å². The van der Waals surface area contributed by atoms with Crippen LogP contribution in [0.2, 0.25) is 5.02 Å². The summed E-state index contributed by atoms with van der Waals surface area (Å²) in [5.41, 5.74) is 0.537. The van der Waals surface area contributed by atoms with E-state index in [0.29, 0.717) is 10.6 Å². The summed E-state index contributed by atoms with van der Waals surface area (Å²) in [6.07, 6.45) is 2.99. The lowest BCUT2D eigenvalue weighted by atomic mass is 10.3. The molecule has 0 aliphatic rings. The van der Waals surface area contributed by atoms with Crippen LogP contribution in [0.1, 0.15) is 0 Å². The van der Waals surface area contributed by atoms with E-state index in [1.807, 2.05) is 0 Å². The maximum atomic E-state index is 10.6. The smallest absolute Gasteiger partial charge is 0.388 e. The average Bonchev–Trinajstić information content (AvgIpc) is 2.53. The predicted octanol–water partition coefficient (Wildman–Crippen LogP) is 1.08. The largest absolute Gasteiger partial charge is 0.434 e. The van der Waals surface area contributed by atoms with Crippen LogP contribution in [0.4, 0.5) is 0 Å². The van der Waals surface area contributed by atoms with Crippen LogP contribution in [-0.2, 0) is 0 Å². The van der Waals surface area contributed by atoms with Gasteiger partial charge in [0.15, 0.2) is 0 Å². The van der Waals surface area contributed by atoms with Crippen molar-refractivity contribution in [3.05, 3.63) is 34.0 Å². The summed E-state index contributed by atoms with van der Waals surface area (Å²) < 4.78 is 4.72. The van der Waals surface area contributed by atoms with Gasteiger partial charge in [0.2, 0.25) is 0 Å². The molecule has 2 heterocycles. The van der Waals surface area contributed by atoms with E-state index < -0.39 is 5.76 Å². The Morgan fingerprint density at radius 3 is 3.00 bits per heavy atom. The van der Waals surface area contributed by atoms with E-state index in [-0.39, 0.29) is 5.89 Å². The van der Waals surface area contributed by atoms with Gasteiger partial charge in [-0.2, -0.15) is 0 Å². The van der Waals surface area contributed by atoms with Crippen molar-refractivity contribution in [1.29, 1.82) is 0 Å². The van der Waals surface area contributed by atoms with Gasteiger partial charge >= 0.3 is 5.76 Å². The Kier molecular flexibility index (Phi) is 1.86. The SMILES string of the molecule is O=c1[nH]nc(-c2ccncc2Cl)o1. The van der Waals surface area contributed by atoms with Gasteiger partial charge in [-0.1, -0.05) is 11.6 Å². The number of nitrogens with zero attached hydrogens (tertiary/aromatic N) is 2. The Labute approximate surface area is 77.4 Å². The average molecular weight is 198 g/mol. The molecule has 2 aromatic heterocycles. The number of aromatic nitrogens is 3. The van der Waals surface area contributed by atoms with Crippen LogP contribution in [0.3, 0.4) is 0 Å². The van der Waals surface area contributed by atoms with Crippen LogP contribution in [0.25, 0.3) is 11.5 Å². The van der Waals surface area contributed by atoms with Crippen LogP contribution in [0, 0.1) is 0 Å². The van der Waals surface area contributed by atoms with Crippen molar-refractivity contribution in [3.63, 3.8) is 0 Å². The van der Waals surface area contributed by atoms with E-state index in [1.165, 1.54) is 12.4 Å². The highest BCUT2D eigenvalue weighted by molar-refractivity contribution is 6.32. The normalized spacial score (nSPS) is 10.2. The zero-order valence-electron chi connectivity index (χ0n) is 6.32. The van der Waals surface area contributed by atoms with Gasteiger partial charge < -0.3 is 4.42 Å². The fraction of sp³-hybridized carbons (Fsp3) is 0. The molecule has 0 saturated carbocycles. The number of halogens is 1. The summed E-state index contributed by atoms with van der Waals surface area (Å²) in [6, 6.07) is 1.61. The van der Waals surface area contributed by atoms with Gasteiger partial charge in [0.1, 0.15) is 0 Å². The van der Waals surface area contributed by atoms with Gasteiger partial charge in [-0.05, 0) is 6.07 Å². The molecule has 0 amide bonds. The molecule has 13 heavy (non-hydrogen) atoms. The van der Waals surface area contributed by atoms with Crippen molar-refractivity contribution in [1.82, 2.24) is 15.2 Å². The number of nitrogens with one attached hydrogen (secondary N) is 1. The topological polar surface area (TPSA) is 71.8 Å². The number of H-pyrrole nitrogens is 1. The lowest BCUT2D eigenvalue weighted by Gasteiger charge is -1.94. The van der Waals surface area contributed by atoms with Crippen molar-refractivity contribution in [3.8, 4) is 11.5 Å². The third-order valence-corrected chi connectivity index (χ3v) is 1.74. The van der Waals surface area contributed by atoms with Crippen molar-refractivity contribution in [2.45, 2.75) is 0 Å². The summed E-state index contributed by atoms with van der Waals surface area (Å²) in [7, 11) is 0. The molecule has 0 aromatic carbocycles. The van der Waals surface area contributed by atoms with E-state index in [2.05, 4.69) is 15.2 Å². The molecular weight excluding hydrogens is 194 g/mol. The molecule has 1 N–H and O–H groups in total. The molecule has 0 saturated heterocycles. The summed E-state index contributed by atoms with van der Waals surface area (Å²) in [5, 5.41) is 6.16. The minimum absolute atomic E-state index is 0.164. The maximum absolute atomic E-state index is 10.6. The fourth-order valence-electron chi connectivity index (χ4n) is 0.894. The third-order valence-electron chi connectivity index (χ3n) is 1.44. The summed E-state index contributed by atoms with van der Waals surface area (Å²) >= 11 is 5.79. The van der Waals surface area contributed by atoms with Gasteiger partial charge in [-0.25, -0.2) is 9.89 Å². The highest BCUT2D eigenvalue weighted by Crippen LogP contribution is 2.23. The molecule has 2 aromatic rings. The second-order valence-corrected chi connectivity index (χ2v) is 2.68. The molecule has 0 fully saturated rings. The van der Waals surface area contributed by atoms with E-state index >= 15 is 0 Å². The van der Waals surface area contributed by atoms with Crippen LogP contribution < -0.4 is 5.76 Å². The Bertz CT molecular complexity index is 476. The van der Waals surface area contributed by atoms with Crippen molar-refractivity contribution in [2.75, 3.05) is 0 Å². The summed E-state index contributed by atoms with van der Waals surface area (Å²) in [5.74, 6) is -0.444. The maximum Gasteiger partial charge on any atom is 0.434 e. The van der Waals surface area contributed by atoms with Crippen molar-refractivity contribution < 1.29 is 4.42 Å². The van der Waals surface area contributed by atoms with E-state index in [1.54, 1.807) is 6.07 Å². The van der Waals surface area contributed by atoms with Crippen LogP contribution >= 0.6 is 11.6 Å². The summed E-state index contributed by atoms with van der Waals surface area (Å²) in [4.78, 5) is 14.4. The molecule has 6 heteroatoms. The Balaban J connectivity index is 2.58. The molecular formula is C7H4ClN3O2. The van der Waals surface area contributed by atoms with Crippen LogP contribution in [0.15, 0.2) is 27.7 Å². The molecule has 0 spiro atoms. The first kappa shape index (κ1) is 8.00. The second kappa shape index (κ2) is 3.02. The molecule has 0 aliphatic heterocycles. The van der Waals surface area contributed by atoms with Crippen LogP contribution in [-0.4, -0.2) is 15.2 Å². The minimum Gasteiger partial charge on any atom is -0.388 e. The Hall–Kier alpha value is -1.62. The van der Waals surface area contributed by atoms with Gasteiger partial charge in [0.25, 0.3) is 5.89 Å². The first-order valence-corrected chi connectivity index (χ1v) is 3.80. The van der Waals surface area contributed by atoms with Crippen molar-refractivity contribution >= 4 is 11.6 Å². The standard InChI is InChI=1S/C7H4ClN3O2/c8-5-3-9-2-1-4(5)6-10-11-7(12)13-6/h1-3H,(H,11,12). The molecule has 0 bridgehead atoms. The molecule has 66 valence electrons. The minimum atomic E-state index is -0.608. The zero-order chi connectivity index (χ0) is 9.26. The third kappa shape index (κ3) is 1.46. The Morgan fingerprint density at radius 1 is 1.54 bits per heavy atom. The van der Waals surface area contributed by atoms with Gasteiger partial charge in [-0.15, -0.1) is 5.10 Å². The Morgan fingerprint density at radius 2 is 2.38 bits per heavy atom. The molecule has 0 unspecified atom stereocenters. The van der Waals surface area contributed by atoms with Gasteiger partial charge in [0, 0.05) is 12.4 Å². The lowest BCUT2D eigenvalue weighted by Crippen LogP contribution is -1.93. The zero-order valence-corrected chi connectivity index (χ0v) is 7.08. The number of aromatic amines is 1. The number of rotatable bonds is 1. The molecule has 0 radical (unpaired) electrons. The number of hydrogen-bond donors (Lipinski definition) is 1. The first-order valence-electron chi connectivity index (χ1n) is 3.43. The van der Waals surface area contributed by atoms with E-state index in [4.69, 9.17) is 16.0 Å². The first-order chi connectivity index (χ1) is 6.27. The van der Waals surface area contributed by atoms with E-state index in [9.17, 15) is 4.79 Å². The molecule has 5 nitrogen and oxygen atoms in total. The predicted molar refractivity (Wildman–Crippen MR) is 45.4 cm³/mol. The van der Waals surface area contributed by atoms with Crippen LogP contribution in [0.5, 0.6) is 0 Å². The quantitative estimate of drug-likeness (QED) is 0.743. The highest BCUT2D eigenvalue weighted by atomic mass is 35.5. The lowest BCUT2D eigenvalue weighted by molar-refractivity contribution is 0.527. The fourth-order valence-corrected chi connectivity index (χ4v) is 1.09. The monoisotopic (exact) mass is 197 g/mol. The number of hydrogen-bond acceptors (Lipinski definition) is 4. The van der Waals surface area contributed by atoms with Crippen molar-refractivity contribution in [2.24, 2.45) is 0 Å². The summed E-state index contributed by atoms with van der Waals surface area (Å²) in [6.45, 7) is 0. The van der Waals surface area contributed by atoms with Gasteiger partial charge in [-0.3, -0.25) is 4.98 Å². The highest BCUT2D eigenvalue weighted by Gasteiger charge is 2.08. The molecule has 0 aliphatic carbocycles.